The van der Waals surface area contributed by atoms with Gasteiger partial charge in [-0.25, -0.2) is 0 Å². The van der Waals surface area contributed by atoms with E-state index < -0.39 is 0 Å². The third kappa shape index (κ3) is 6.43. The van der Waals surface area contributed by atoms with Gasteiger partial charge in [-0.3, -0.25) is 0 Å². The molecule has 2 aromatic rings. The van der Waals surface area contributed by atoms with Gasteiger partial charge in [-0.15, -0.1) is 0 Å². The molecule has 0 atom stereocenters. The Morgan fingerprint density at radius 2 is 1.72 bits per heavy atom. The minimum absolute atomic E-state index is 0.402. The molecule has 0 amide bonds. The van der Waals surface area contributed by atoms with E-state index in [9.17, 15) is 0 Å². The summed E-state index contributed by atoms with van der Waals surface area (Å²) in [6.07, 6.45) is 1.17. The molecule has 1 N–H and O–H groups in total. The average molecular weight is 382 g/mol. The lowest BCUT2D eigenvalue weighted by atomic mass is 10.1. The minimum atomic E-state index is 0.402. The number of methoxy groups -OCH3 is 1. The molecule has 0 radical (unpaired) electrons. The van der Waals surface area contributed by atoms with Gasteiger partial charge in [0.25, 0.3) is 0 Å². The molecular weight excluding hydrogens is 357 g/mol. The summed E-state index contributed by atoms with van der Waals surface area (Å²) >= 11 is 12.0. The number of nitrogens with one attached hydrogen (secondary N) is 1. The standard InChI is InChI=1S/C20H25Cl2NO2/c1-14(2)8-9-23-12-15-5-7-19(20(11-15)24-3)25-13-16-4-6-17(21)18(22)10-16/h4-7,10-11,14,23H,8-9,12-13H2,1-3H3. The number of ether oxygens (including phenoxy) is 2. The summed E-state index contributed by atoms with van der Waals surface area (Å²) in [6.45, 7) is 6.68. The first-order valence-corrected chi connectivity index (χ1v) is 9.19. The van der Waals surface area contributed by atoms with Gasteiger partial charge in [0.1, 0.15) is 6.61 Å². The molecule has 0 heterocycles. The van der Waals surface area contributed by atoms with Crippen LogP contribution in [0, 0.1) is 5.92 Å². The highest BCUT2D eigenvalue weighted by Gasteiger charge is 2.07. The van der Waals surface area contributed by atoms with Gasteiger partial charge in [0.2, 0.25) is 0 Å². The van der Waals surface area contributed by atoms with Crippen LogP contribution < -0.4 is 14.8 Å². The maximum absolute atomic E-state index is 6.04. The predicted octanol–water partition coefficient (Wildman–Crippen LogP) is 5.72. The number of hydrogen-bond acceptors (Lipinski definition) is 3. The second-order valence-electron chi connectivity index (χ2n) is 6.38. The van der Waals surface area contributed by atoms with E-state index in [0.717, 1.165) is 24.4 Å². The van der Waals surface area contributed by atoms with E-state index in [1.54, 1.807) is 13.2 Å². The lowest BCUT2D eigenvalue weighted by Gasteiger charge is -2.13. The molecule has 0 saturated carbocycles. The largest absolute Gasteiger partial charge is 0.493 e. The van der Waals surface area contributed by atoms with Crippen molar-refractivity contribution in [1.29, 1.82) is 0 Å². The van der Waals surface area contributed by atoms with Crippen LogP contribution in [-0.2, 0) is 13.2 Å². The van der Waals surface area contributed by atoms with E-state index in [4.69, 9.17) is 32.7 Å². The molecule has 0 spiro atoms. The summed E-state index contributed by atoms with van der Waals surface area (Å²) in [5.74, 6) is 2.14. The maximum atomic E-state index is 6.04. The zero-order valence-corrected chi connectivity index (χ0v) is 16.5. The first kappa shape index (κ1) is 19.9. The topological polar surface area (TPSA) is 30.5 Å². The first-order chi connectivity index (χ1) is 12.0. The Bertz CT molecular complexity index is 689. The summed E-state index contributed by atoms with van der Waals surface area (Å²) in [5, 5.41) is 4.51. The summed E-state index contributed by atoms with van der Waals surface area (Å²) in [4.78, 5) is 0. The summed E-state index contributed by atoms with van der Waals surface area (Å²) in [7, 11) is 1.65. The van der Waals surface area contributed by atoms with Gasteiger partial charge in [-0.1, -0.05) is 49.2 Å². The van der Waals surface area contributed by atoms with Gasteiger partial charge >= 0.3 is 0 Å². The number of benzene rings is 2. The molecule has 0 unspecified atom stereocenters. The third-order valence-corrected chi connectivity index (χ3v) is 4.57. The van der Waals surface area contributed by atoms with E-state index in [1.165, 1.54) is 12.0 Å². The molecule has 0 fully saturated rings. The van der Waals surface area contributed by atoms with Gasteiger partial charge in [-0.05, 0) is 54.3 Å². The zero-order chi connectivity index (χ0) is 18.2. The molecule has 136 valence electrons. The Kier molecular flexibility index (Phi) is 7.89. The molecule has 0 aliphatic heterocycles. The van der Waals surface area contributed by atoms with Crippen LogP contribution in [0.2, 0.25) is 10.0 Å². The number of halogens is 2. The Morgan fingerprint density at radius 1 is 0.960 bits per heavy atom. The predicted molar refractivity (Wildman–Crippen MR) is 105 cm³/mol. The number of hydrogen-bond donors (Lipinski definition) is 1. The van der Waals surface area contributed by atoms with E-state index in [2.05, 4.69) is 25.2 Å². The molecule has 3 nitrogen and oxygen atoms in total. The van der Waals surface area contributed by atoms with E-state index in [-0.39, 0.29) is 0 Å². The van der Waals surface area contributed by atoms with Crippen LogP contribution in [0.3, 0.4) is 0 Å². The van der Waals surface area contributed by atoms with Crippen LogP contribution in [0.15, 0.2) is 36.4 Å². The molecule has 2 aromatic carbocycles. The minimum Gasteiger partial charge on any atom is -0.493 e. The summed E-state index contributed by atoms with van der Waals surface area (Å²) in [5.41, 5.74) is 2.12. The van der Waals surface area contributed by atoms with Crippen molar-refractivity contribution in [3.05, 3.63) is 57.6 Å². The molecule has 2 rings (SSSR count). The van der Waals surface area contributed by atoms with Gasteiger partial charge in [0, 0.05) is 6.54 Å². The van der Waals surface area contributed by atoms with Crippen LogP contribution >= 0.6 is 23.2 Å². The monoisotopic (exact) mass is 381 g/mol. The second-order valence-corrected chi connectivity index (χ2v) is 7.20. The van der Waals surface area contributed by atoms with E-state index in [1.807, 2.05) is 24.3 Å². The van der Waals surface area contributed by atoms with Gasteiger partial charge in [-0.2, -0.15) is 0 Å². The highest BCUT2D eigenvalue weighted by atomic mass is 35.5. The molecular formula is C20H25Cl2NO2. The Morgan fingerprint density at radius 3 is 2.40 bits per heavy atom. The van der Waals surface area contributed by atoms with Crippen LogP contribution in [0.5, 0.6) is 11.5 Å². The average Bonchev–Trinajstić information content (AvgIpc) is 2.60. The molecule has 0 aliphatic carbocycles. The second kappa shape index (κ2) is 9.91. The van der Waals surface area contributed by atoms with Crippen molar-refractivity contribution in [3.63, 3.8) is 0 Å². The lowest BCUT2D eigenvalue weighted by molar-refractivity contribution is 0.284. The first-order valence-electron chi connectivity index (χ1n) is 8.44. The van der Waals surface area contributed by atoms with Crippen molar-refractivity contribution in [2.24, 2.45) is 5.92 Å². The van der Waals surface area contributed by atoms with Crippen LogP contribution in [-0.4, -0.2) is 13.7 Å². The SMILES string of the molecule is COc1cc(CNCCC(C)C)ccc1OCc1ccc(Cl)c(Cl)c1. The smallest absolute Gasteiger partial charge is 0.161 e. The zero-order valence-electron chi connectivity index (χ0n) is 14.9. The van der Waals surface area contributed by atoms with Crippen molar-refractivity contribution >= 4 is 23.2 Å². The van der Waals surface area contributed by atoms with Gasteiger partial charge in [0.05, 0.1) is 17.2 Å². The Balaban J connectivity index is 1.95. The molecule has 0 aromatic heterocycles. The Hall–Kier alpha value is -1.42. The van der Waals surface area contributed by atoms with Crippen LogP contribution in [0.4, 0.5) is 0 Å². The maximum Gasteiger partial charge on any atom is 0.161 e. The third-order valence-electron chi connectivity index (χ3n) is 3.83. The fraction of sp³-hybridized carbons (Fsp3) is 0.400. The van der Waals surface area contributed by atoms with Crippen molar-refractivity contribution in [2.75, 3.05) is 13.7 Å². The van der Waals surface area contributed by atoms with Gasteiger partial charge in [0.15, 0.2) is 11.5 Å². The normalized spacial score (nSPS) is 11.0. The van der Waals surface area contributed by atoms with E-state index >= 15 is 0 Å². The van der Waals surface area contributed by atoms with Crippen molar-refractivity contribution in [1.82, 2.24) is 5.32 Å². The molecule has 0 saturated heterocycles. The highest BCUT2D eigenvalue weighted by Crippen LogP contribution is 2.29. The summed E-state index contributed by atoms with van der Waals surface area (Å²) in [6, 6.07) is 11.5. The molecule has 5 heteroatoms. The quantitative estimate of drug-likeness (QED) is 0.563. The summed E-state index contributed by atoms with van der Waals surface area (Å²) < 4.78 is 11.3. The van der Waals surface area contributed by atoms with Crippen molar-refractivity contribution in [3.8, 4) is 11.5 Å². The highest BCUT2D eigenvalue weighted by molar-refractivity contribution is 6.42. The number of rotatable bonds is 9. The fourth-order valence-corrected chi connectivity index (χ4v) is 2.68. The molecule has 25 heavy (non-hydrogen) atoms. The van der Waals surface area contributed by atoms with Crippen LogP contribution in [0.1, 0.15) is 31.4 Å². The Labute approximate surface area is 160 Å². The van der Waals surface area contributed by atoms with E-state index in [0.29, 0.717) is 28.3 Å². The van der Waals surface area contributed by atoms with Crippen molar-refractivity contribution in [2.45, 2.75) is 33.4 Å². The fourth-order valence-electron chi connectivity index (χ4n) is 2.36. The molecule has 0 bridgehead atoms. The van der Waals surface area contributed by atoms with Gasteiger partial charge < -0.3 is 14.8 Å². The lowest BCUT2D eigenvalue weighted by Crippen LogP contribution is -2.16. The van der Waals surface area contributed by atoms with Crippen molar-refractivity contribution < 1.29 is 9.47 Å². The molecule has 0 aliphatic rings. The van der Waals surface area contributed by atoms with Crippen LogP contribution in [0.25, 0.3) is 0 Å².